The van der Waals surface area contributed by atoms with Crippen LogP contribution in [0.1, 0.15) is 15.9 Å². The Hall–Kier alpha value is -3.30. The molecule has 150 valence electrons. The summed E-state index contributed by atoms with van der Waals surface area (Å²) < 4.78 is 13.9. The molecule has 2 aromatic carbocycles. The van der Waals surface area contributed by atoms with E-state index in [1.807, 2.05) is 0 Å². The molecule has 1 heterocycles. The number of nitrogens with two attached hydrogens (primary N) is 1. The highest BCUT2D eigenvalue weighted by Crippen LogP contribution is 2.28. The van der Waals surface area contributed by atoms with Crippen molar-refractivity contribution in [2.75, 3.05) is 19.0 Å². The van der Waals surface area contributed by atoms with Crippen molar-refractivity contribution in [1.82, 2.24) is 10.6 Å². The molecule has 1 atom stereocenters. The number of carbonyl (C=O) groups excluding carboxylic acids is 3. The lowest BCUT2D eigenvalue weighted by molar-refractivity contribution is -0.123. The van der Waals surface area contributed by atoms with Gasteiger partial charge in [0.25, 0.3) is 11.8 Å². The fourth-order valence-corrected chi connectivity index (χ4v) is 3.22. The summed E-state index contributed by atoms with van der Waals surface area (Å²) in [6.07, 6.45) is 0. The first-order valence-corrected chi connectivity index (χ1v) is 8.86. The second-order valence-corrected chi connectivity index (χ2v) is 6.63. The summed E-state index contributed by atoms with van der Waals surface area (Å²) in [5.74, 6) is -2.74. The molecule has 0 radical (unpaired) electrons. The van der Waals surface area contributed by atoms with Crippen molar-refractivity contribution in [3.8, 4) is 0 Å². The predicted molar refractivity (Wildman–Crippen MR) is 106 cm³/mol. The summed E-state index contributed by atoms with van der Waals surface area (Å²) in [7, 11) is 1.42. The number of aliphatic imine (C=N–C) groups is 1. The lowest BCUT2D eigenvalue weighted by Gasteiger charge is -2.27. The Labute approximate surface area is 170 Å². The molecule has 0 aliphatic carbocycles. The molecule has 5 N–H and O–H groups in total. The van der Waals surface area contributed by atoms with Gasteiger partial charge >= 0.3 is 0 Å². The molecule has 0 saturated heterocycles. The average molecular weight is 418 g/mol. The van der Waals surface area contributed by atoms with Gasteiger partial charge in [0.2, 0.25) is 5.91 Å². The standard InChI is InChI=1S/C19H17ClFN5O3/c1-23-17(28)15-19(18(22)29,25-9-24-15)10-2-5-12(6-3-10)26-16(27)13-7-4-11(20)8-14(13)21/h2-8,25H,9H2,1H3,(H2,22,29)(H,23,28)(H,26,27). The van der Waals surface area contributed by atoms with Crippen molar-refractivity contribution >= 4 is 40.7 Å². The van der Waals surface area contributed by atoms with Crippen LogP contribution in [0.15, 0.2) is 47.5 Å². The zero-order valence-electron chi connectivity index (χ0n) is 15.3. The average Bonchev–Trinajstić information content (AvgIpc) is 3.14. The number of hydrogen-bond acceptors (Lipinski definition) is 5. The zero-order chi connectivity index (χ0) is 21.2. The van der Waals surface area contributed by atoms with Gasteiger partial charge in [-0.05, 0) is 35.9 Å². The van der Waals surface area contributed by atoms with Crippen molar-refractivity contribution in [3.63, 3.8) is 0 Å². The van der Waals surface area contributed by atoms with E-state index in [1.165, 1.54) is 43.4 Å². The third-order valence-electron chi connectivity index (χ3n) is 4.50. The SMILES string of the molecule is CNC(=O)C1=NCNC1(C(N)=O)c1ccc(NC(=O)c2ccc(Cl)cc2F)cc1. The van der Waals surface area contributed by atoms with Gasteiger partial charge in [-0.3, -0.25) is 24.7 Å². The van der Waals surface area contributed by atoms with E-state index in [0.717, 1.165) is 6.07 Å². The summed E-state index contributed by atoms with van der Waals surface area (Å²) in [4.78, 5) is 40.7. The second kappa shape index (κ2) is 7.98. The number of amides is 3. The monoisotopic (exact) mass is 417 g/mol. The minimum absolute atomic E-state index is 0.0417. The van der Waals surface area contributed by atoms with Gasteiger partial charge in [-0.25, -0.2) is 4.39 Å². The second-order valence-electron chi connectivity index (χ2n) is 6.19. The van der Waals surface area contributed by atoms with Crippen LogP contribution >= 0.6 is 11.6 Å². The van der Waals surface area contributed by atoms with Crippen LogP contribution in [0, 0.1) is 5.82 Å². The van der Waals surface area contributed by atoms with Crippen molar-refractivity contribution in [2.24, 2.45) is 10.7 Å². The molecule has 1 aliphatic rings. The first kappa shape index (κ1) is 20.4. The van der Waals surface area contributed by atoms with Crippen molar-refractivity contribution in [2.45, 2.75) is 5.54 Å². The number of nitrogens with one attached hydrogen (secondary N) is 3. The Morgan fingerprint density at radius 2 is 1.86 bits per heavy atom. The molecule has 0 spiro atoms. The predicted octanol–water partition coefficient (Wildman–Crippen LogP) is 1.16. The molecule has 0 bridgehead atoms. The lowest BCUT2D eigenvalue weighted by Crippen LogP contribution is -2.58. The van der Waals surface area contributed by atoms with E-state index in [1.54, 1.807) is 0 Å². The molecule has 10 heteroatoms. The minimum Gasteiger partial charge on any atom is -0.367 e. The van der Waals surface area contributed by atoms with E-state index >= 15 is 0 Å². The Bertz CT molecular complexity index is 1030. The van der Waals surface area contributed by atoms with Gasteiger partial charge in [-0.2, -0.15) is 0 Å². The number of primary amides is 1. The molecule has 0 aromatic heterocycles. The molecular formula is C19H17ClFN5O3. The van der Waals surface area contributed by atoms with Crippen molar-refractivity contribution in [1.29, 1.82) is 0 Å². The van der Waals surface area contributed by atoms with E-state index in [9.17, 15) is 18.8 Å². The minimum atomic E-state index is -1.59. The molecule has 8 nitrogen and oxygen atoms in total. The fourth-order valence-electron chi connectivity index (χ4n) is 3.06. The molecule has 0 saturated carbocycles. The summed E-state index contributed by atoms with van der Waals surface area (Å²) >= 11 is 5.69. The Morgan fingerprint density at radius 3 is 2.45 bits per heavy atom. The van der Waals surface area contributed by atoms with E-state index in [4.69, 9.17) is 17.3 Å². The van der Waals surface area contributed by atoms with Gasteiger partial charge in [0.1, 0.15) is 11.5 Å². The van der Waals surface area contributed by atoms with Crippen LogP contribution < -0.4 is 21.7 Å². The van der Waals surface area contributed by atoms with Crippen LogP contribution in [0.4, 0.5) is 10.1 Å². The van der Waals surface area contributed by atoms with Crippen molar-refractivity contribution < 1.29 is 18.8 Å². The highest BCUT2D eigenvalue weighted by Gasteiger charge is 2.49. The number of halogens is 2. The smallest absolute Gasteiger partial charge is 0.267 e. The maximum absolute atomic E-state index is 13.9. The number of carbonyl (C=O) groups is 3. The molecule has 1 aliphatic heterocycles. The molecule has 3 amide bonds. The first-order chi connectivity index (χ1) is 13.8. The summed E-state index contributed by atoms with van der Waals surface area (Å²) in [5, 5.41) is 8.03. The third-order valence-corrected chi connectivity index (χ3v) is 4.73. The summed E-state index contributed by atoms with van der Waals surface area (Å²) in [6, 6.07) is 9.79. The van der Waals surface area contributed by atoms with Crippen LogP contribution in [-0.2, 0) is 15.1 Å². The van der Waals surface area contributed by atoms with Gasteiger partial charge in [0, 0.05) is 17.8 Å². The Balaban J connectivity index is 1.87. The maximum atomic E-state index is 13.9. The number of anilines is 1. The molecule has 29 heavy (non-hydrogen) atoms. The third kappa shape index (κ3) is 3.69. The number of rotatable bonds is 5. The zero-order valence-corrected chi connectivity index (χ0v) is 16.0. The normalized spacial score (nSPS) is 18.1. The van der Waals surface area contributed by atoms with E-state index in [0.29, 0.717) is 11.3 Å². The fraction of sp³-hybridized carbons (Fsp3) is 0.158. The highest BCUT2D eigenvalue weighted by molar-refractivity contribution is 6.47. The van der Waals surface area contributed by atoms with E-state index in [2.05, 4.69) is 20.9 Å². The molecule has 0 fully saturated rings. The largest absolute Gasteiger partial charge is 0.367 e. The van der Waals surface area contributed by atoms with Gasteiger partial charge < -0.3 is 16.4 Å². The van der Waals surface area contributed by atoms with Crippen molar-refractivity contribution in [3.05, 3.63) is 64.4 Å². The number of nitrogens with zero attached hydrogens (tertiary/aromatic N) is 1. The van der Waals surface area contributed by atoms with Crippen LogP contribution in [0.5, 0.6) is 0 Å². The maximum Gasteiger partial charge on any atom is 0.267 e. The molecule has 1 unspecified atom stereocenters. The Morgan fingerprint density at radius 1 is 1.17 bits per heavy atom. The molecule has 2 aromatic rings. The number of hydrogen-bond donors (Lipinski definition) is 4. The van der Waals surface area contributed by atoms with Crippen LogP contribution in [0.2, 0.25) is 5.02 Å². The van der Waals surface area contributed by atoms with Gasteiger partial charge in [0.05, 0.1) is 12.2 Å². The van der Waals surface area contributed by atoms with Gasteiger partial charge in [0.15, 0.2) is 5.54 Å². The van der Waals surface area contributed by atoms with E-state index < -0.39 is 29.1 Å². The van der Waals surface area contributed by atoms with Gasteiger partial charge in [-0.1, -0.05) is 23.7 Å². The van der Waals surface area contributed by atoms with E-state index in [-0.39, 0.29) is 23.0 Å². The van der Waals surface area contributed by atoms with Crippen LogP contribution in [0.3, 0.4) is 0 Å². The first-order valence-electron chi connectivity index (χ1n) is 8.48. The molecular weight excluding hydrogens is 401 g/mol. The highest BCUT2D eigenvalue weighted by atomic mass is 35.5. The lowest BCUT2D eigenvalue weighted by atomic mass is 9.84. The topological polar surface area (TPSA) is 126 Å². The van der Waals surface area contributed by atoms with Gasteiger partial charge in [-0.15, -0.1) is 0 Å². The van der Waals surface area contributed by atoms with Crippen LogP contribution in [-0.4, -0.2) is 37.1 Å². The Kier molecular flexibility index (Phi) is 5.62. The molecule has 3 rings (SSSR count). The van der Waals surface area contributed by atoms with Crippen LogP contribution in [0.25, 0.3) is 0 Å². The number of benzene rings is 2. The summed E-state index contributed by atoms with van der Waals surface area (Å²) in [5.41, 5.74) is 4.50. The quantitative estimate of drug-likeness (QED) is 0.582. The summed E-state index contributed by atoms with van der Waals surface area (Å²) in [6.45, 7) is 0.0417.